The second kappa shape index (κ2) is 8.87. The maximum absolute atomic E-state index is 13.9. The average molecular weight is 420 g/mol. The number of anilines is 2. The minimum atomic E-state index is -0.636. The van der Waals surface area contributed by atoms with Crippen LogP contribution in [-0.2, 0) is 4.79 Å². The second-order valence-electron chi connectivity index (χ2n) is 7.03. The number of ether oxygens (including phenoxy) is 2. The van der Waals surface area contributed by atoms with E-state index in [0.29, 0.717) is 29.4 Å². The first-order valence-electron chi connectivity index (χ1n) is 9.89. The van der Waals surface area contributed by atoms with E-state index in [1.165, 1.54) is 18.2 Å². The first-order chi connectivity index (χ1) is 15.0. The normalized spacial score (nSPS) is 15.1. The van der Waals surface area contributed by atoms with Gasteiger partial charge in [0.2, 0.25) is 0 Å². The molecule has 7 heteroatoms. The van der Waals surface area contributed by atoms with Crippen molar-refractivity contribution in [3.05, 3.63) is 84.2 Å². The van der Waals surface area contributed by atoms with Crippen molar-refractivity contribution in [2.75, 3.05) is 23.4 Å². The van der Waals surface area contributed by atoms with E-state index in [4.69, 9.17) is 9.47 Å². The van der Waals surface area contributed by atoms with E-state index in [9.17, 15) is 14.0 Å². The summed E-state index contributed by atoms with van der Waals surface area (Å²) >= 11 is 0. The molecule has 158 valence electrons. The van der Waals surface area contributed by atoms with Crippen molar-refractivity contribution in [1.29, 1.82) is 0 Å². The van der Waals surface area contributed by atoms with E-state index in [1.807, 2.05) is 30.3 Å². The van der Waals surface area contributed by atoms with Crippen molar-refractivity contribution < 1.29 is 23.5 Å². The van der Waals surface area contributed by atoms with Crippen LogP contribution in [-0.4, -0.2) is 31.1 Å². The Morgan fingerprint density at radius 1 is 1.10 bits per heavy atom. The Kier molecular flexibility index (Phi) is 5.84. The number of nitrogens with zero attached hydrogens (tertiary/aromatic N) is 1. The number of carbonyl (C=O) groups excluding carboxylic acids is 2. The molecule has 1 unspecified atom stereocenters. The molecule has 1 atom stereocenters. The molecule has 0 saturated heterocycles. The Morgan fingerprint density at radius 2 is 1.84 bits per heavy atom. The summed E-state index contributed by atoms with van der Waals surface area (Å²) in [6, 6.07) is 20.0. The molecule has 0 aliphatic carbocycles. The zero-order valence-corrected chi connectivity index (χ0v) is 16.9. The summed E-state index contributed by atoms with van der Waals surface area (Å²) < 4.78 is 25.3. The topological polar surface area (TPSA) is 67.9 Å². The SMILES string of the molecule is CC1Oc2ccc(NC(=O)c3ccccc3F)cc2N(CCOc2ccccc2)C1=O. The van der Waals surface area contributed by atoms with Crippen molar-refractivity contribution in [3.63, 3.8) is 0 Å². The molecule has 1 aliphatic rings. The highest BCUT2D eigenvalue weighted by Gasteiger charge is 2.31. The van der Waals surface area contributed by atoms with Crippen LogP contribution >= 0.6 is 0 Å². The molecule has 4 rings (SSSR count). The van der Waals surface area contributed by atoms with Crippen molar-refractivity contribution in [2.24, 2.45) is 0 Å². The Bertz CT molecular complexity index is 1100. The van der Waals surface area contributed by atoms with E-state index in [0.717, 1.165) is 0 Å². The molecule has 0 bridgehead atoms. The molecule has 3 aromatic rings. The van der Waals surface area contributed by atoms with Gasteiger partial charge in [0.25, 0.3) is 11.8 Å². The van der Waals surface area contributed by atoms with Crippen LogP contribution in [0.2, 0.25) is 0 Å². The number of hydrogen-bond acceptors (Lipinski definition) is 4. The number of amides is 2. The lowest BCUT2D eigenvalue weighted by Gasteiger charge is -2.33. The quantitative estimate of drug-likeness (QED) is 0.647. The van der Waals surface area contributed by atoms with Gasteiger partial charge >= 0.3 is 0 Å². The van der Waals surface area contributed by atoms with Gasteiger partial charge in [-0.05, 0) is 49.4 Å². The molecule has 3 aromatic carbocycles. The zero-order chi connectivity index (χ0) is 21.8. The summed E-state index contributed by atoms with van der Waals surface area (Å²) in [4.78, 5) is 26.8. The van der Waals surface area contributed by atoms with Crippen molar-refractivity contribution >= 4 is 23.2 Å². The molecule has 0 saturated carbocycles. The summed E-state index contributed by atoms with van der Waals surface area (Å²) in [5, 5.41) is 2.67. The fourth-order valence-corrected chi connectivity index (χ4v) is 3.33. The first kappa shape index (κ1) is 20.4. The lowest BCUT2D eigenvalue weighted by Crippen LogP contribution is -2.46. The van der Waals surface area contributed by atoms with Gasteiger partial charge in [0.1, 0.15) is 23.9 Å². The maximum Gasteiger partial charge on any atom is 0.267 e. The monoisotopic (exact) mass is 420 g/mol. The summed E-state index contributed by atoms with van der Waals surface area (Å²) in [6.07, 6.45) is -0.636. The minimum Gasteiger partial charge on any atom is -0.492 e. The molecule has 1 N–H and O–H groups in total. The molecule has 31 heavy (non-hydrogen) atoms. The molecule has 1 heterocycles. The second-order valence-corrected chi connectivity index (χ2v) is 7.03. The number of halogens is 1. The summed E-state index contributed by atoms with van der Waals surface area (Å²) in [5.74, 6) is -0.154. The third-order valence-corrected chi connectivity index (χ3v) is 4.87. The fraction of sp³-hybridized carbons (Fsp3) is 0.167. The van der Waals surface area contributed by atoms with E-state index in [2.05, 4.69) is 5.32 Å². The number of carbonyl (C=O) groups is 2. The predicted molar refractivity (Wildman–Crippen MR) is 115 cm³/mol. The fourth-order valence-electron chi connectivity index (χ4n) is 3.33. The average Bonchev–Trinajstić information content (AvgIpc) is 2.78. The Labute approximate surface area is 179 Å². The predicted octanol–water partition coefficient (Wildman–Crippen LogP) is 4.27. The maximum atomic E-state index is 13.9. The Hall–Kier alpha value is -3.87. The molecule has 6 nitrogen and oxygen atoms in total. The van der Waals surface area contributed by atoms with Gasteiger partial charge in [0, 0.05) is 5.69 Å². The van der Waals surface area contributed by atoms with Gasteiger partial charge in [0.05, 0.1) is 17.8 Å². The van der Waals surface area contributed by atoms with Crippen LogP contribution in [0, 0.1) is 5.82 Å². The number of benzene rings is 3. The van der Waals surface area contributed by atoms with Crippen molar-refractivity contribution in [3.8, 4) is 11.5 Å². The molecular formula is C24H21FN2O4. The lowest BCUT2D eigenvalue weighted by atomic mass is 10.1. The van der Waals surface area contributed by atoms with Gasteiger partial charge < -0.3 is 19.7 Å². The third-order valence-electron chi connectivity index (χ3n) is 4.87. The Morgan fingerprint density at radius 3 is 2.61 bits per heavy atom. The molecule has 0 aromatic heterocycles. The molecule has 0 spiro atoms. The van der Waals surface area contributed by atoms with Gasteiger partial charge in [-0.15, -0.1) is 0 Å². The van der Waals surface area contributed by atoms with Gasteiger partial charge in [-0.2, -0.15) is 0 Å². The zero-order valence-electron chi connectivity index (χ0n) is 16.9. The number of para-hydroxylation sites is 1. The molecule has 1 aliphatic heterocycles. The summed E-state index contributed by atoms with van der Waals surface area (Å²) in [5.41, 5.74) is 0.882. The van der Waals surface area contributed by atoms with E-state index >= 15 is 0 Å². The number of hydrogen-bond donors (Lipinski definition) is 1. The van der Waals surface area contributed by atoms with Crippen LogP contribution in [0.4, 0.5) is 15.8 Å². The van der Waals surface area contributed by atoms with Crippen LogP contribution in [0.1, 0.15) is 17.3 Å². The smallest absolute Gasteiger partial charge is 0.267 e. The highest BCUT2D eigenvalue weighted by molar-refractivity contribution is 6.05. The van der Waals surface area contributed by atoms with E-state index < -0.39 is 17.8 Å². The number of fused-ring (bicyclic) bond motifs is 1. The van der Waals surface area contributed by atoms with Crippen molar-refractivity contribution in [1.82, 2.24) is 0 Å². The number of rotatable bonds is 6. The van der Waals surface area contributed by atoms with E-state index in [-0.39, 0.29) is 18.1 Å². The lowest BCUT2D eigenvalue weighted by molar-refractivity contribution is -0.125. The minimum absolute atomic E-state index is 0.0608. The van der Waals surface area contributed by atoms with Crippen LogP contribution in [0.3, 0.4) is 0 Å². The van der Waals surface area contributed by atoms with Crippen LogP contribution in [0.5, 0.6) is 11.5 Å². The van der Waals surface area contributed by atoms with Crippen LogP contribution < -0.4 is 19.7 Å². The standard InChI is InChI=1S/C24H21FN2O4/c1-16-24(29)27(13-14-30-18-7-3-2-4-8-18)21-15-17(11-12-22(21)31-16)26-23(28)19-9-5-6-10-20(19)25/h2-12,15-16H,13-14H2,1H3,(H,26,28). The molecule has 2 amide bonds. The Balaban J connectivity index is 1.53. The first-order valence-corrected chi connectivity index (χ1v) is 9.89. The van der Waals surface area contributed by atoms with Gasteiger partial charge in [-0.3, -0.25) is 9.59 Å². The third kappa shape index (κ3) is 4.50. The van der Waals surface area contributed by atoms with Gasteiger partial charge in [0.15, 0.2) is 6.10 Å². The van der Waals surface area contributed by atoms with Crippen LogP contribution in [0.15, 0.2) is 72.8 Å². The van der Waals surface area contributed by atoms with E-state index in [1.54, 1.807) is 36.1 Å². The van der Waals surface area contributed by atoms with Crippen LogP contribution in [0.25, 0.3) is 0 Å². The largest absolute Gasteiger partial charge is 0.492 e. The molecule has 0 fully saturated rings. The van der Waals surface area contributed by atoms with Crippen molar-refractivity contribution in [2.45, 2.75) is 13.0 Å². The molecular weight excluding hydrogens is 399 g/mol. The number of nitrogens with one attached hydrogen (secondary N) is 1. The summed E-state index contributed by atoms with van der Waals surface area (Å²) in [7, 11) is 0. The summed E-state index contributed by atoms with van der Waals surface area (Å²) in [6.45, 7) is 2.27. The molecule has 0 radical (unpaired) electrons. The van der Waals surface area contributed by atoms with Gasteiger partial charge in [-0.1, -0.05) is 30.3 Å². The van der Waals surface area contributed by atoms with Gasteiger partial charge in [-0.25, -0.2) is 4.39 Å². The highest BCUT2D eigenvalue weighted by Crippen LogP contribution is 2.36. The highest BCUT2D eigenvalue weighted by atomic mass is 19.1.